The summed E-state index contributed by atoms with van der Waals surface area (Å²) in [6, 6.07) is 5.21. The molecule has 0 aliphatic heterocycles. The Bertz CT molecular complexity index is 463. The number of hydrogen-bond donors (Lipinski definition) is 1. The summed E-state index contributed by atoms with van der Waals surface area (Å²) in [5.41, 5.74) is 0.729. The third-order valence-electron chi connectivity index (χ3n) is 2.25. The molecule has 96 valence electrons. The van der Waals surface area contributed by atoms with E-state index in [1.54, 1.807) is 24.3 Å². The molecule has 4 heteroatoms. The van der Waals surface area contributed by atoms with Crippen LogP contribution >= 0.6 is 0 Å². The van der Waals surface area contributed by atoms with Crippen LogP contribution in [0.25, 0.3) is 6.08 Å². The first kappa shape index (κ1) is 13.8. The Morgan fingerprint density at radius 1 is 1.44 bits per heavy atom. The molecule has 0 saturated carbocycles. The lowest BCUT2D eigenvalue weighted by atomic mass is 10.2. The first-order valence-corrected chi connectivity index (χ1v) is 5.45. The molecule has 1 atom stereocenters. The number of hydrogen-bond acceptors (Lipinski definition) is 3. The van der Waals surface area contributed by atoms with Crippen molar-refractivity contribution in [1.82, 2.24) is 0 Å². The van der Waals surface area contributed by atoms with E-state index in [0.717, 1.165) is 11.6 Å². The minimum atomic E-state index is -0.991. The van der Waals surface area contributed by atoms with E-state index in [4.69, 9.17) is 14.6 Å². The Kier molecular flexibility index (Phi) is 4.99. The van der Waals surface area contributed by atoms with Crippen LogP contribution in [-0.4, -0.2) is 24.3 Å². The van der Waals surface area contributed by atoms with Crippen LogP contribution in [0, 0.1) is 0 Å². The van der Waals surface area contributed by atoms with E-state index in [9.17, 15) is 4.79 Å². The molecule has 0 amide bonds. The van der Waals surface area contributed by atoms with Crippen molar-refractivity contribution < 1.29 is 19.4 Å². The highest BCUT2D eigenvalue weighted by Gasteiger charge is 2.07. The summed E-state index contributed by atoms with van der Waals surface area (Å²) in [5, 5.41) is 8.55. The second-order valence-electron chi connectivity index (χ2n) is 3.64. The van der Waals surface area contributed by atoms with Gasteiger partial charge in [-0.3, -0.25) is 0 Å². The fourth-order valence-electron chi connectivity index (χ4n) is 1.30. The fourth-order valence-corrected chi connectivity index (χ4v) is 1.30. The number of aliphatic carboxylic acids is 1. The molecule has 1 rings (SSSR count). The van der Waals surface area contributed by atoms with Gasteiger partial charge in [-0.15, -0.1) is 0 Å². The molecule has 0 fully saturated rings. The molecule has 18 heavy (non-hydrogen) atoms. The zero-order valence-electron chi connectivity index (χ0n) is 10.4. The highest BCUT2D eigenvalue weighted by atomic mass is 16.5. The highest BCUT2D eigenvalue weighted by molar-refractivity contribution is 5.85. The van der Waals surface area contributed by atoms with Gasteiger partial charge in [0.05, 0.1) is 7.11 Å². The molecule has 0 aliphatic rings. The minimum Gasteiger partial charge on any atom is -0.493 e. The zero-order chi connectivity index (χ0) is 13.5. The van der Waals surface area contributed by atoms with Crippen molar-refractivity contribution in [3.8, 4) is 11.5 Å². The number of benzene rings is 1. The lowest BCUT2D eigenvalue weighted by Gasteiger charge is -2.14. The third-order valence-corrected chi connectivity index (χ3v) is 2.25. The van der Waals surface area contributed by atoms with E-state index in [1.165, 1.54) is 13.2 Å². The second kappa shape index (κ2) is 6.49. The van der Waals surface area contributed by atoms with Crippen molar-refractivity contribution >= 4 is 12.0 Å². The predicted octanol–water partition coefficient (Wildman–Crippen LogP) is 2.75. The maximum absolute atomic E-state index is 10.4. The molecular formula is C14H16O4. The van der Waals surface area contributed by atoms with Crippen LogP contribution in [0.15, 0.2) is 36.9 Å². The van der Waals surface area contributed by atoms with E-state index in [-0.39, 0.29) is 6.10 Å². The van der Waals surface area contributed by atoms with Crippen molar-refractivity contribution in [2.24, 2.45) is 0 Å². The van der Waals surface area contributed by atoms with Gasteiger partial charge in [0.2, 0.25) is 0 Å². The van der Waals surface area contributed by atoms with Gasteiger partial charge in [-0.1, -0.05) is 18.7 Å². The lowest BCUT2D eigenvalue weighted by Crippen LogP contribution is -2.08. The summed E-state index contributed by atoms with van der Waals surface area (Å²) in [7, 11) is 1.53. The number of ether oxygens (including phenoxy) is 2. The van der Waals surface area contributed by atoms with Crippen LogP contribution in [-0.2, 0) is 4.79 Å². The predicted molar refractivity (Wildman–Crippen MR) is 70.0 cm³/mol. The summed E-state index contributed by atoms with van der Waals surface area (Å²) in [4.78, 5) is 10.4. The van der Waals surface area contributed by atoms with E-state index in [2.05, 4.69) is 6.58 Å². The first-order valence-electron chi connectivity index (χ1n) is 5.45. The largest absolute Gasteiger partial charge is 0.493 e. The van der Waals surface area contributed by atoms with Gasteiger partial charge < -0.3 is 14.6 Å². The highest BCUT2D eigenvalue weighted by Crippen LogP contribution is 2.29. The molecule has 0 aromatic heterocycles. The monoisotopic (exact) mass is 248 g/mol. The average Bonchev–Trinajstić information content (AvgIpc) is 2.37. The van der Waals surface area contributed by atoms with Gasteiger partial charge in [-0.2, -0.15) is 0 Å². The molecule has 4 nitrogen and oxygen atoms in total. The number of carboxylic acids is 1. The molecular weight excluding hydrogens is 232 g/mol. The zero-order valence-corrected chi connectivity index (χ0v) is 10.4. The van der Waals surface area contributed by atoms with Crippen LogP contribution in [0.4, 0.5) is 0 Å². The maximum Gasteiger partial charge on any atom is 0.328 e. The number of carboxylic acid groups (broad SMARTS) is 1. The van der Waals surface area contributed by atoms with E-state index < -0.39 is 5.97 Å². The second-order valence-corrected chi connectivity index (χ2v) is 3.64. The summed E-state index contributed by atoms with van der Waals surface area (Å²) in [6.07, 6.45) is 4.12. The van der Waals surface area contributed by atoms with E-state index in [1.807, 2.05) is 6.92 Å². The van der Waals surface area contributed by atoms with Gasteiger partial charge in [0.1, 0.15) is 6.10 Å². The van der Waals surface area contributed by atoms with Gasteiger partial charge in [-0.05, 0) is 30.7 Å². The summed E-state index contributed by atoms with van der Waals surface area (Å²) >= 11 is 0. The Morgan fingerprint density at radius 2 is 2.17 bits per heavy atom. The lowest BCUT2D eigenvalue weighted by molar-refractivity contribution is -0.131. The molecule has 0 aliphatic carbocycles. The normalized spacial score (nSPS) is 12.1. The van der Waals surface area contributed by atoms with E-state index in [0.29, 0.717) is 11.5 Å². The Hall–Kier alpha value is -2.23. The average molecular weight is 248 g/mol. The Morgan fingerprint density at radius 3 is 2.72 bits per heavy atom. The molecule has 0 spiro atoms. The van der Waals surface area contributed by atoms with Gasteiger partial charge >= 0.3 is 5.97 Å². The van der Waals surface area contributed by atoms with Gasteiger partial charge in [0.25, 0.3) is 0 Å². The van der Waals surface area contributed by atoms with Gasteiger partial charge in [0, 0.05) is 6.08 Å². The molecule has 1 aromatic rings. The molecule has 0 radical (unpaired) electrons. The van der Waals surface area contributed by atoms with Crippen LogP contribution < -0.4 is 9.47 Å². The summed E-state index contributed by atoms with van der Waals surface area (Å²) in [6.45, 7) is 5.50. The van der Waals surface area contributed by atoms with Crippen molar-refractivity contribution in [3.63, 3.8) is 0 Å². The van der Waals surface area contributed by atoms with Crippen molar-refractivity contribution in [3.05, 3.63) is 42.5 Å². The first-order chi connectivity index (χ1) is 8.56. The van der Waals surface area contributed by atoms with Crippen molar-refractivity contribution in [1.29, 1.82) is 0 Å². The number of rotatable bonds is 6. The number of methoxy groups -OCH3 is 1. The van der Waals surface area contributed by atoms with Crippen LogP contribution in [0.2, 0.25) is 0 Å². The maximum atomic E-state index is 10.4. The van der Waals surface area contributed by atoms with Gasteiger partial charge in [-0.25, -0.2) is 4.79 Å². The summed E-state index contributed by atoms with van der Waals surface area (Å²) < 4.78 is 10.8. The van der Waals surface area contributed by atoms with Gasteiger partial charge in [0.15, 0.2) is 11.5 Å². The Balaban J connectivity index is 2.96. The Labute approximate surface area is 106 Å². The molecule has 0 heterocycles. The minimum absolute atomic E-state index is 0.126. The molecule has 1 aromatic carbocycles. The topological polar surface area (TPSA) is 55.8 Å². The van der Waals surface area contributed by atoms with Crippen molar-refractivity contribution in [2.75, 3.05) is 7.11 Å². The molecule has 1 N–H and O–H groups in total. The van der Waals surface area contributed by atoms with E-state index >= 15 is 0 Å². The smallest absolute Gasteiger partial charge is 0.328 e. The molecule has 0 saturated heterocycles. The molecule has 1 unspecified atom stereocenters. The van der Waals surface area contributed by atoms with Crippen LogP contribution in [0.5, 0.6) is 11.5 Å². The molecule has 0 bridgehead atoms. The van der Waals surface area contributed by atoms with Crippen LogP contribution in [0.3, 0.4) is 0 Å². The summed E-state index contributed by atoms with van der Waals surface area (Å²) in [5.74, 6) is 0.156. The quantitative estimate of drug-likeness (QED) is 0.621. The third kappa shape index (κ3) is 3.97. The fraction of sp³-hybridized carbons (Fsp3) is 0.214. The number of carbonyl (C=O) groups is 1. The standard InChI is InChI=1S/C14H16O4/c1-4-10(2)18-12-7-5-11(6-8-14(15)16)9-13(12)17-3/h4-10H,1H2,2-3H3,(H,15,16). The van der Waals surface area contributed by atoms with Crippen molar-refractivity contribution in [2.45, 2.75) is 13.0 Å². The SMILES string of the molecule is C=CC(C)Oc1ccc(C=CC(=O)O)cc1OC. The van der Waals surface area contributed by atoms with Crippen LogP contribution in [0.1, 0.15) is 12.5 Å².